The third-order valence-corrected chi connectivity index (χ3v) is 2.92. The summed E-state index contributed by atoms with van der Waals surface area (Å²) in [7, 11) is 1.46. The molecule has 0 fully saturated rings. The van der Waals surface area contributed by atoms with E-state index in [1.807, 2.05) is 0 Å². The molecule has 0 unspecified atom stereocenters. The maximum Gasteiger partial charge on any atom is 0.408 e. The van der Waals surface area contributed by atoms with Gasteiger partial charge >= 0.3 is 6.18 Å². The summed E-state index contributed by atoms with van der Waals surface area (Å²) in [5.41, 5.74) is 1.40. The summed E-state index contributed by atoms with van der Waals surface area (Å²) in [6.45, 7) is -0.279. The lowest BCUT2D eigenvalue weighted by molar-refractivity contribution is -0.142. The van der Waals surface area contributed by atoms with Crippen molar-refractivity contribution >= 4 is 0 Å². The van der Waals surface area contributed by atoms with Crippen LogP contribution in [0.3, 0.4) is 0 Å². The Kier molecular flexibility index (Phi) is 4.92. The molecule has 0 spiro atoms. The molecule has 2 rings (SSSR count). The lowest BCUT2D eigenvalue weighted by Crippen LogP contribution is -2.19. The number of phenolic OH excluding ortho intramolecular Hbond substituents is 1. The van der Waals surface area contributed by atoms with Gasteiger partial charge in [0, 0.05) is 19.3 Å². The Labute approximate surface area is 125 Å². The number of aromatic hydroxyl groups is 1. The summed E-state index contributed by atoms with van der Waals surface area (Å²) in [6.07, 6.45) is -2.98. The Morgan fingerprint density at radius 3 is 2.73 bits per heavy atom. The van der Waals surface area contributed by atoms with E-state index in [1.54, 1.807) is 12.1 Å². The largest absolute Gasteiger partial charge is 0.504 e. The van der Waals surface area contributed by atoms with Gasteiger partial charge in [-0.1, -0.05) is 6.07 Å². The summed E-state index contributed by atoms with van der Waals surface area (Å²) in [5, 5.41) is 16.4. The molecule has 8 heteroatoms. The van der Waals surface area contributed by atoms with Gasteiger partial charge in [0.1, 0.15) is 6.54 Å². The number of hydrogen-bond donors (Lipinski definition) is 2. The first-order valence-electron chi connectivity index (χ1n) is 6.53. The number of hydrogen-bond acceptors (Lipinski definition) is 4. The lowest BCUT2D eigenvalue weighted by Gasteiger charge is -2.07. The minimum atomic E-state index is -4.28. The van der Waals surface area contributed by atoms with Gasteiger partial charge in [0.2, 0.25) is 0 Å². The fourth-order valence-electron chi connectivity index (χ4n) is 1.94. The highest BCUT2D eigenvalue weighted by Crippen LogP contribution is 2.26. The Morgan fingerprint density at radius 1 is 1.27 bits per heavy atom. The van der Waals surface area contributed by atoms with Crippen LogP contribution in [0.4, 0.5) is 13.2 Å². The van der Waals surface area contributed by atoms with Crippen molar-refractivity contribution < 1.29 is 23.0 Å². The van der Waals surface area contributed by atoms with Gasteiger partial charge in [-0.2, -0.15) is 18.3 Å². The third kappa shape index (κ3) is 4.66. The predicted octanol–water partition coefficient (Wildman–Crippen LogP) is 2.45. The van der Waals surface area contributed by atoms with Crippen molar-refractivity contribution in [1.29, 1.82) is 0 Å². The second kappa shape index (κ2) is 6.69. The summed E-state index contributed by atoms with van der Waals surface area (Å²) in [4.78, 5) is 0. The first kappa shape index (κ1) is 16.2. The summed E-state index contributed by atoms with van der Waals surface area (Å²) in [5.74, 6) is 0.422. The van der Waals surface area contributed by atoms with E-state index in [0.717, 1.165) is 10.2 Å². The molecule has 5 nitrogen and oxygen atoms in total. The molecule has 0 saturated carbocycles. The minimum Gasteiger partial charge on any atom is -0.504 e. The highest BCUT2D eigenvalue weighted by molar-refractivity contribution is 5.41. The molecule has 0 aliphatic carbocycles. The average Bonchev–Trinajstić information content (AvgIpc) is 2.86. The van der Waals surface area contributed by atoms with Gasteiger partial charge < -0.3 is 15.2 Å². The summed E-state index contributed by atoms with van der Waals surface area (Å²) in [6, 6.07) is 6.47. The first-order valence-corrected chi connectivity index (χ1v) is 6.53. The van der Waals surface area contributed by atoms with E-state index >= 15 is 0 Å². The SMILES string of the molecule is COc1cc(CNCc2ccn(CC(F)(F)F)n2)ccc1O. The molecule has 0 saturated heterocycles. The normalized spacial score (nSPS) is 11.6. The molecule has 0 aliphatic rings. The molecule has 1 aromatic carbocycles. The monoisotopic (exact) mass is 315 g/mol. The second-order valence-electron chi connectivity index (χ2n) is 4.73. The van der Waals surface area contributed by atoms with Gasteiger partial charge in [-0.05, 0) is 23.8 Å². The average molecular weight is 315 g/mol. The Hall–Kier alpha value is -2.22. The van der Waals surface area contributed by atoms with Gasteiger partial charge in [0.25, 0.3) is 0 Å². The van der Waals surface area contributed by atoms with Crippen molar-refractivity contribution in [3.8, 4) is 11.5 Å². The van der Waals surface area contributed by atoms with E-state index in [2.05, 4.69) is 10.4 Å². The van der Waals surface area contributed by atoms with E-state index in [0.29, 0.717) is 24.5 Å². The van der Waals surface area contributed by atoms with Gasteiger partial charge in [0.05, 0.1) is 12.8 Å². The van der Waals surface area contributed by atoms with Crippen LogP contribution in [0, 0.1) is 0 Å². The molecule has 2 N–H and O–H groups in total. The number of nitrogens with zero attached hydrogens (tertiary/aromatic N) is 2. The van der Waals surface area contributed by atoms with Crippen molar-refractivity contribution in [3.63, 3.8) is 0 Å². The van der Waals surface area contributed by atoms with Gasteiger partial charge in [-0.25, -0.2) is 0 Å². The highest BCUT2D eigenvalue weighted by atomic mass is 19.4. The Bertz CT molecular complexity index is 626. The number of ether oxygens (including phenoxy) is 1. The van der Waals surface area contributed by atoms with Crippen molar-refractivity contribution in [1.82, 2.24) is 15.1 Å². The zero-order valence-corrected chi connectivity index (χ0v) is 11.9. The maximum atomic E-state index is 12.2. The van der Waals surface area contributed by atoms with E-state index in [1.165, 1.54) is 25.4 Å². The van der Waals surface area contributed by atoms with E-state index < -0.39 is 12.7 Å². The molecule has 0 atom stereocenters. The molecule has 1 aromatic heterocycles. The smallest absolute Gasteiger partial charge is 0.408 e. The van der Waals surface area contributed by atoms with Gasteiger partial charge in [-0.15, -0.1) is 0 Å². The zero-order chi connectivity index (χ0) is 16.2. The van der Waals surface area contributed by atoms with Crippen molar-refractivity contribution in [2.75, 3.05) is 7.11 Å². The number of benzene rings is 1. The number of alkyl halides is 3. The number of aromatic nitrogens is 2. The molecule has 2 aromatic rings. The van der Waals surface area contributed by atoms with Crippen molar-refractivity contribution in [2.24, 2.45) is 0 Å². The quantitative estimate of drug-likeness (QED) is 0.860. The summed E-state index contributed by atoms with van der Waals surface area (Å²) < 4.78 is 42.5. The van der Waals surface area contributed by atoms with Crippen LogP contribution in [-0.4, -0.2) is 28.2 Å². The van der Waals surface area contributed by atoms with Crippen molar-refractivity contribution in [2.45, 2.75) is 25.8 Å². The van der Waals surface area contributed by atoms with Gasteiger partial charge in [-0.3, -0.25) is 4.68 Å². The fourth-order valence-corrected chi connectivity index (χ4v) is 1.94. The van der Waals surface area contributed by atoms with Crippen LogP contribution >= 0.6 is 0 Å². The first-order chi connectivity index (χ1) is 10.4. The van der Waals surface area contributed by atoms with E-state index in [-0.39, 0.29) is 5.75 Å². The number of rotatable bonds is 6. The van der Waals surface area contributed by atoms with Crippen LogP contribution in [0.15, 0.2) is 30.5 Å². The van der Waals surface area contributed by atoms with Crippen LogP contribution in [0.5, 0.6) is 11.5 Å². The highest BCUT2D eigenvalue weighted by Gasteiger charge is 2.28. The number of halogens is 3. The van der Waals surface area contributed by atoms with Crippen LogP contribution in [0.25, 0.3) is 0 Å². The Balaban J connectivity index is 1.86. The molecular formula is C14H16F3N3O2. The molecule has 0 bridgehead atoms. The molecule has 0 aliphatic heterocycles. The molecule has 0 amide bonds. The third-order valence-electron chi connectivity index (χ3n) is 2.92. The minimum absolute atomic E-state index is 0.0529. The second-order valence-corrected chi connectivity index (χ2v) is 4.73. The maximum absolute atomic E-state index is 12.2. The standard InChI is InChI=1S/C14H16F3N3O2/c1-22-13-6-10(2-3-12(13)21)7-18-8-11-4-5-20(19-11)9-14(15,16)17/h2-6,18,21H,7-9H2,1H3. The molecule has 1 heterocycles. The van der Waals surface area contributed by atoms with Crippen LogP contribution in [0.2, 0.25) is 0 Å². The van der Waals surface area contributed by atoms with Crippen LogP contribution in [0.1, 0.15) is 11.3 Å². The fraction of sp³-hybridized carbons (Fsp3) is 0.357. The molecule has 22 heavy (non-hydrogen) atoms. The lowest BCUT2D eigenvalue weighted by atomic mass is 10.2. The topological polar surface area (TPSA) is 59.3 Å². The number of methoxy groups -OCH3 is 1. The van der Waals surface area contributed by atoms with Gasteiger partial charge in [0.15, 0.2) is 11.5 Å². The van der Waals surface area contributed by atoms with Crippen molar-refractivity contribution in [3.05, 3.63) is 41.7 Å². The number of nitrogens with one attached hydrogen (secondary N) is 1. The molecule has 120 valence electrons. The summed E-state index contributed by atoms with van der Waals surface area (Å²) >= 11 is 0. The molecular weight excluding hydrogens is 299 g/mol. The van der Waals surface area contributed by atoms with E-state index in [9.17, 15) is 18.3 Å². The predicted molar refractivity (Wildman–Crippen MR) is 73.5 cm³/mol. The Morgan fingerprint density at radius 2 is 2.05 bits per heavy atom. The molecule has 0 radical (unpaired) electrons. The zero-order valence-electron chi connectivity index (χ0n) is 11.9. The van der Waals surface area contributed by atoms with Crippen LogP contribution < -0.4 is 10.1 Å². The van der Waals surface area contributed by atoms with Crippen LogP contribution in [-0.2, 0) is 19.6 Å². The van der Waals surface area contributed by atoms with E-state index in [4.69, 9.17) is 4.74 Å². The number of phenols is 1.